The normalized spacial score (nSPS) is 17.0. The lowest BCUT2D eigenvalue weighted by atomic mass is 10.0. The van der Waals surface area contributed by atoms with Crippen LogP contribution in [-0.2, 0) is 20.9 Å². The summed E-state index contributed by atoms with van der Waals surface area (Å²) in [5.74, 6) is -0.986. The van der Waals surface area contributed by atoms with Crippen LogP contribution in [0.3, 0.4) is 0 Å². The first kappa shape index (κ1) is 29.2. The number of benzene rings is 2. The number of nitrogens with one attached hydrogen (secondary N) is 2. The highest BCUT2D eigenvalue weighted by Gasteiger charge is 2.37. The van der Waals surface area contributed by atoms with Crippen LogP contribution in [0, 0.1) is 18.6 Å². The maximum atomic E-state index is 14.1. The highest BCUT2D eigenvalue weighted by molar-refractivity contribution is 5.91. The Labute approximate surface area is 241 Å². The third-order valence-corrected chi connectivity index (χ3v) is 6.77. The predicted molar refractivity (Wildman–Crippen MR) is 150 cm³/mol. The molecule has 1 saturated heterocycles. The van der Waals surface area contributed by atoms with Crippen molar-refractivity contribution in [1.29, 1.82) is 0 Å². The molecule has 2 aromatic carbocycles. The van der Waals surface area contributed by atoms with E-state index in [0.29, 0.717) is 53.7 Å². The SMILES string of the molecule is COCCN1C[C@@H](NC(=O)Nc2c(C)c(-c3cnc(COC)nc3)nn2-c2ccccc2)[C@H](c2ccc(F)c(F)c2)O1. The monoisotopic (exact) mass is 579 g/mol. The average molecular weight is 580 g/mol. The Morgan fingerprint density at radius 1 is 1.07 bits per heavy atom. The number of rotatable bonds is 10. The zero-order chi connectivity index (χ0) is 29.6. The highest BCUT2D eigenvalue weighted by atomic mass is 19.2. The number of halogens is 2. The molecule has 220 valence electrons. The predicted octanol–water partition coefficient (Wildman–Crippen LogP) is 4.19. The van der Waals surface area contributed by atoms with E-state index in [1.54, 1.807) is 36.4 Å². The molecule has 0 spiro atoms. The number of urea groups is 1. The number of amides is 2. The van der Waals surface area contributed by atoms with Crippen LogP contribution >= 0.6 is 0 Å². The lowest BCUT2D eigenvalue weighted by Gasteiger charge is -2.20. The van der Waals surface area contributed by atoms with E-state index in [2.05, 4.69) is 20.6 Å². The molecule has 13 heteroatoms. The molecule has 3 heterocycles. The van der Waals surface area contributed by atoms with Crippen molar-refractivity contribution in [3.63, 3.8) is 0 Å². The van der Waals surface area contributed by atoms with Crippen LogP contribution in [0.25, 0.3) is 16.9 Å². The molecule has 2 amide bonds. The Bertz CT molecular complexity index is 1520. The molecule has 1 aliphatic heterocycles. The van der Waals surface area contributed by atoms with Gasteiger partial charge in [0.05, 0.1) is 18.3 Å². The van der Waals surface area contributed by atoms with E-state index in [9.17, 15) is 13.6 Å². The number of aromatic nitrogens is 4. The molecule has 1 aliphatic rings. The van der Waals surface area contributed by atoms with Crippen molar-refractivity contribution in [1.82, 2.24) is 30.1 Å². The Kier molecular flexibility index (Phi) is 9.12. The second-order valence-electron chi connectivity index (χ2n) is 9.68. The maximum absolute atomic E-state index is 14.1. The summed E-state index contributed by atoms with van der Waals surface area (Å²) >= 11 is 0. The van der Waals surface area contributed by atoms with E-state index in [4.69, 9.17) is 19.4 Å². The lowest BCUT2D eigenvalue weighted by molar-refractivity contribution is -0.154. The van der Waals surface area contributed by atoms with Gasteiger partial charge in [-0.2, -0.15) is 10.2 Å². The molecule has 0 aliphatic carbocycles. The van der Waals surface area contributed by atoms with Crippen molar-refractivity contribution < 1.29 is 27.9 Å². The number of methoxy groups -OCH3 is 2. The van der Waals surface area contributed by atoms with E-state index in [1.807, 2.05) is 37.3 Å². The summed E-state index contributed by atoms with van der Waals surface area (Å²) in [6.07, 6.45) is 2.57. The maximum Gasteiger partial charge on any atom is 0.320 e. The molecular weight excluding hydrogens is 548 g/mol. The van der Waals surface area contributed by atoms with Crippen LogP contribution < -0.4 is 10.6 Å². The van der Waals surface area contributed by atoms with E-state index in [1.165, 1.54) is 6.07 Å². The van der Waals surface area contributed by atoms with E-state index in [-0.39, 0.29) is 6.61 Å². The molecule has 0 saturated carbocycles. The van der Waals surface area contributed by atoms with Crippen molar-refractivity contribution >= 4 is 11.8 Å². The highest BCUT2D eigenvalue weighted by Crippen LogP contribution is 2.32. The molecule has 2 aromatic heterocycles. The van der Waals surface area contributed by atoms with Crippen LogP contribution in [0.1, 0.15) is 23.1 Å². The van der Waals surface area contributed by atoms with Gasteiger partial charge in [-0.25, -0.2) is 28.2 Å². The fourth-order valence-electron chi connectivity index (χ4n) is 4.70. The van der Waals surface area contributed by atoms with Gasteiger partial charge in [0.15, 0.2) is 17.5 Å². The molecule has 42 heavy (non-hydrogen) atoms. The Hall–Kier alpha value is -4.30. The second kappa shape index (κ2) is 13.1. The van der Waals surface area contributed by atoms with Gasteiger partial charge in [0.2, 0.25) is 0 Å². The number of anilines is 1. The van der Waals surface area contributed by atoms with Gasteiger partial charge in [-0.3, -0.25) is 10.2 Å². The molecule has 4 aromatic rings. The lowest BCUT2D eigenvalue weighted by Crippen LogP contribution is -2.42. The van der Waals surface area contributed by atoms with Crippen molar-refractivity contribution in [2.45, 2.75) is 25.7 Å². The van der Waals surface area contributed by atoms with E-state index in [0.717, 1.165) is 17.8 Å². The molecule has 1 fully saturated rings. The quantitative estimate of drug-likeness (QED) is 0.288. The molecule has 0 bridgehead atoms. The van der Waals surface area contributed by atoms with Gasteiger partial charge in [-0.1, -0.05) is 24.3 Å². The van der Waals surface area contributed by atoms with Crippen LogP contribution in [0.2, 0.25) is 0 Å². The molecule has 2 atom stereocenters. The largest absolute Gasteiger partial charge is 0.383 e. The minimum atomic E-state index is -0.996. The van der Waals surface area contributed by atoms with Gasteiger partial charge >= 0.3 is 6.03 Å². The van der Waals surface area contributed by atoms with Gasteiger partial charge in [-0.05, 0) is 36.8 Å². The van der Waals surface area contributed by atoms with Gasteiger partial charge < -0.3 is 14.8 Å². The number of carbonyl (C=O) groups is 1. The molecule has 5 rings (SSSR count). The molecular formula is C29H31F2N7O4. The van der Waals surface area contributed by atoms with Crippen molar-refractivity contribution in [3.05, 3.63) is 89.5 Å². The summed E-state index contributed by atoms with van der Waals surface area (Å²) < 4.78 is 39.6. The number of para-hydroxylation sites is 1. The Balaban J connectivity index is 1.42. The minimum Gasteiger partial charge on any atom is -0.383 e. The van der Waals surface area contributed by atoms with Crippen molar-refractivity contribution in [2.24, 2.45) is 0 Å². The zero-order valence-electron chi connectivity index (χ0n) is 23.4. The van der Waals surface area contributed by atoms with Gasteiger partial charge in [0.1, 0.15) is 24.2 Å². The number of ether oxygens (including phenoxy) is 2. The number of hydrogen-bond donors (Lipinski definition) is 2. The van der Waals surface area contributed by atoms with Gasteiger partial charge in [0.25, 0.3) is 0 Å². The van der Waals surface area contributed by atoms with Crippen LogP contribution in [0.15, 0.2) is 60.9 Å². The van der Waals surface area contributed by atoms with Crippen molar-refractivity contribution in [2.75, 3.05) is 39.2 Å². The third-order valence-electron chi connectivity index (χ3n) is 6.77. The minimum absolute atomic E-state index is 0.282. The Morgan fingerprint density at radius 3 is 2.52 bits per heavy atom. The summed E-state index contributed by atoms with van der Waals surface area (Å²) in [7, 11) is 3.14. The molecule has 11 nitrogen and oxygen atoms in total. The number of carbonyl (C=O) groups excluding carboxylic acids is 1. The second-order valence-corrected chi connectivity index (χ2v) is 9.68. The smallest absolute Gasteiger partial charge is 0.320 e. The first-order valence-electron chi connectivity index (χ1n) is 13.3. The number of hydroxylamine groups is 2. The topological polar surface area (TPSA) is 116 Å². The number of hydrogen-bond acceptors (Lipinski definition) is 8. The Morgan fingerprint density at radius 2 is 1.83 bits per heavy atom. The summed E-state index contributed by atoms with van der Waals surface area (Å²) in [5.41, 5.74) is 3.07. The van der Waals surface area contributed by atoms with E-state index < -0.39 is 29.8 Å². The fourth-order valence-corrected chi connectivity index (χ4v) is 4.70. The van der Waals surface area contributed by atoms with E-state index >= 15 is 0 Å². The zero-order valence-corrected chi connectivity index (χ0v) is 23.4. The van der Waals surface area contributed by atoms with Crippen molar-refractivity contribution in [3.8, 4) is 16.9 Å². The van der Waals surface area contributed by atoms with Crippen LogP contribution in [-0.4, -0.2) is 70.8 Å². The average Bonchev–Trinajstić information content (AvgIpc) is 3.54. The van der Waals surface area contributed by atoms with Gasteiger partial charge in [-0.15, -0.1) is 0 Å². The first-order chi connectivity index (χ1) is 20.4. The standard InChI is InChI=1S/C29H31F2N7O4/c1-18-26(20-14-32-25(17-41-3)33-15-20)36-38(21-7-5-4-6-8-21)28(18)35-29(39)34-24-16-37(11-12-40-2)42-27(24)19-9-10-22(30)23(31)13-19/h4-10,13-15,24,27H,11-12,16-17H2,1-3H3,(H2,34,35,39)/t24-,27+/m1/s1. The summed E-state index contributed by atoms with van der Waals surface area (Å²) in [4.78, 5) is 28.1. The number of nitrogens with zero attached hydrogens (tertiary/aromatic N) is 5. The van der Waals surface area contributed by atoms with Crippen LogP contribution in [0.4, 0.5) is 19.4 Å². The summed E-state index contributed by atoms with van der Waals surface area (Å²) in [5, 5.41) is 12.3. The fraction of sp³-hybridized carbons (Fsp3) is 0.310. The molecule has 2 N–H and O–H groups in total. The molecule has 0 radical (unpaired) electrons. The first-order valence-corrected chi connectivity index (χ1v) is 13.3. The summed E-state index contributed by atoms with van der Waals surface area (Å²) in [6, 6.07) is 11.8. The molecule has 0 unspecified atom stereocenters. The third kappa shape index (κ3) is 6.44. The van der Waals surface area contributed by atoms with Crippen LogP contribution in [0.5, 0.6) is 0 Å². The van der Waals surface area contributed by atoms with Gasteiger partial charge in [0, 0.05) is 50.8 Å². The summed E-state index contributed by atoms with van der Waals surface area (Å²) in [6.45, 7) is 3.23.